The largest absolute Gasteiger partial charge is 0.435 e. The number of anilines is 2. The topological polar surface area (TPSA) is 112 Å². The number of carbonyl (C=O) groups is 2. The minimum Gasteiger partial charge on any atom is -0.322 e. The Labute approximate surface area is 193 Å². The first-order valence-electron chi connectivity index (χ1n) is 10.7. The molecule has 10 nitrogen and oxygen atoms in total. The van der Waals surface area contributed by atoms with Gasteiger partial charge in [0.2, 0.25) is 5.91 Å². The average molecular weight is 478 g/mol. The lowest BCUT2D eigenvalue weighted by molar-refractivity contribution is -0.141. The van der Waals surface area contributed by atoms with Gasteiger partial charge in [0.25, 0.3) is 5.91 Å². The first-order chi connectivity index (χ1) is 16.0. The molecule has 0 aromatic carbocycles. The molecule has 0 spiro atoms. The fourth-order valence-corrected chi connectivity index (χ4v) is 3.62. The average Bonchev–Trinajstić information content (AvgIpc) is 3.30. The van der Waals surface area contributed by atoms with Crippen LogP contribution in [-0.2, 0) is 31.6 Å². The van der Waals surface area contributed by atoms with Crippen molar-refractivity contribution in [2.24, 2.45) is 20.0 Å². The maximum Gasteiger partial charge on any atom is 0.435 e. The summed E-state index contributed by atoms with van der Waals surface area (Å²) in [6.07, 6.45) is -0.0884. The number of hydrogen-bond donors (Lipinski definition) is 2. The van der Waals surface area contributed by atoms with Crippen LogP contribution >= 0.6 is 0 Å². The van der Waals surface area contributed by atoms with Gasteiger partial charge in [0.15, 0.2) is 5.69 Å². The van der Waals surface area contributed by atoms with Crippen molar-refractivity contribution in [1.29, 1.82) is 0 Å². The predicted octanol–water partition coefficient (Wildman–Crippen LogP) is 3.08. The van der Waals surface area contributed by atoms with E-state index in [0.29, 0.717) is 11.4 Å². The highest BCUT2D eigenvalue weighted by atomic mass is 19.4. The summed E-state index contributed by atoms with van der Waals surface area (Å²) >= 11 is 0. The van der Waals surface area contributed by atoms with Crippen LogP contribution in [0.3, 0.4) is 0 Å². The van der Waals surface area contributed by atoms with E-state index >= 15 is 0 Å². The maximum atomic E-state index is 13.1. The molecule has 3 aromatic rings. The summed E-state index contributed by atoms with van der Waals surface area (Å²) in [7, 11) is 3.31. The van der Waals surface area contributed by atoms with E-state index in [2.05, 4.69) is 25.9 Å². The molecule has 1 saturated carbocycles. The number of aryl methyl sites for hydroxylation is 2. The Hall–Kier alpha value is -3.64. The molecule has 2 N–H and O–H groups in total. The molecule has 3 heterocycles. The lowest BCUT2D eigenvalue weighted by Gasteiger charge is -2.15. The van der Waals surface area contributed by atoms with Crippen molar-refractivity contribution >= 4 is 23.2 Å². The van der Waals surface area contributed by atoms with Gasteiger partial charge in [-0.1, -0.05) is 6.92 Å². The quantitative estimate of drug-likeness (QED) is 0.542. The van der Waals surface area contributed by atoms with Crippen LogP contribution in [0.1, 0.15) is 53.3 Å². The number of rotatable bonds is 7. The molecule has 0 radical (unpaired) electrons. The fraction of sp³-hybridized carbons (Fsp3) is 0.476. The summed E-state index contributed by atoms with van der Waals surface area (Å²) in [5.41, 5.74) is 1.11. The zero-order valence-corrected chi connectivity index (χ0v) is 19.1. The number of nitrogens with zero attached hydrogens (tertiary/aromatic N) is 6. The van der Waals surface area contributed by atoms with E-state index in [0.717, 1.165) is 24.6 Å². The summed E-state index contributed by atoms with van der Waals surface area (Å²) in [6.45, 7) is 3.37. The second-order valence-corrected chi connectivity index (χ2v) is 8.55. The van der Waals surface area contributed by atoms with E-state index in [9.17, 15) is 22.8 Å². The van der Waals surface area contributed by atoms with Crippen molar-refractivity contribution in [2.45, 2.75) is 45.3 Å². The maximum absolute atomic E-state index is 13.1. The van der Waals surface area contributed by atoms with Crippen LogP contribution in [0.2, 0.25) is 0 Å². The van der Waals surface area contributed by atoms with Gasteiger partial charge in [-0.2, -0.15) is 28.5 Å². The molecule has 2 amide bonds. The van der Waals surface area contributed by atoms with Gasteiger partial charge in [-0.25, -0.2) is 0 Å². The van der Waals surface area contributed by atoms with E-state index in [1.54, 1.807) is 32.6 Å². The second kappa shape index (κ2) is 8.61. The van der Waals surface area contributed by atoms with Crippen LogP contribution in [0.4, 0.5) is 24.5 Å². The van der Waals surface area contributed by atoms with Crippen LogP contribution in [0.5, 0.6) is 0 Å². The lowest BCUT2D eigenvalue weighted by Crippen LogP contribution is -2.27. The monoisotopic (exact) mass is 478 g/mol. The number of alkyl halides is 3. The summed E-state index contributed by atoms with van der Waals surface area (Å²) < 4.78 is 43.6. The SMILES string of the molecule is Cc1c(NC(=O)c2c(NC(=O)C(C)Cn3nc(C(F)(F)F)cc3C3CC3)cnn2C)cnn1C. The molecule has 0 saturated heterocycles. The Morgan fingerprint density at radius 3 is 2.35 bits per heavy atom. The van der Waals surface area contributed by atoms with Crippen molar-refractivity contribution in [2.75, 3.05) is 10.6 Å². The summed E-state index contributed by atoms with van der Waals surface area (Å²) in [6, 6.07) is 1.06. The zero-order chi connectivity index (χ0) is 24.8. The Balaban J connectivity index is 1.48. The summed E-state index contributed by atoms with van der Waals surface area (Å²) in [5.74, 6) is -1.64. The molecule has 1 aliphatic carbocycles. The molecule has 0 bridgehead atoms. The fourth-order valence-electron chi connectivity index (χ4n) is 3.62. The zero-order valence-electron chi connectivity index (χ0n) is 19.1. The Morgan fingerprint density at radius 1 is 1.12 bits per heavy atom. The van der Waals surface area contributed by atoms with Crippen LogP contribution in [0.25, 0.3) is 0 Å². The number of halogens is 3. The van der Waals surface area contributed by atoms with Crippen molar-refractivity contribution in [3.8, 4) is 0 Å². The predicted molar refractivity (Wildman–Crippen MR) is 116 cm³/mol. The van der Waals surface area contributed by atoms with Crippen LogP contribution in [0.15, 0.2) is 18.5 Å². The molecular weight excluding hydrogens is 453 g/mol. The van der Waals surface area contributed by atoms with Gasteiger partial charge in [0.1, 0.15) is 5.69 Å². The third-order valence-corrected chi connectivity index (χ3v) is 5.89. The molecule has 13 heteroatoms. The van der Waals surface area contributed by atoms with Crippen molar-refractivity contribution < 1.29 is 22.8 Å². The molecule has 3 aromatic heterocycles. The van der Waals surface area contributed by atoms with Gasteiger partial charge < -0.3 is 10.6 Å². The molecule has 1 unspecified atom stereocenters. The molecule has 1 atom stereocenters. The van der Waals surface area contributed by atoms with Crippen LogP contribution in [-0.4, -0.2) is 41.2 Å². The van der Waals surface area contributed by atoms with Gasteiger partial charge >= 0.3 is 6.18 Å². The first kappa shape index (κ1) is 23.5. The highest BCUT2D eigenvalue weighted by Gasteiger charge is 2.38. The van der Waals surface area contributed by atoms with E-state index in [1.807, 2.05) is 0 Å². The van der Waals surface area contributed by atoms with Gasteiger partial charge in [-0.15, -0.1) is 0 Å². The number of amides is 2. The second-order valence-electron chi connectivity index (χ2n) is 8.55. The highest BCUT2D eigenvalue weighted by Crippen LogP contribution is 2.42. The Morgan fingerprint density at radius 2 is 1.76 bits per heavy atom. The van der Waals surface area contributed by atoms with Gasteiger partial charge in [-0.05, 0) is 25.8 Å². The number of aromatic nitrogens is 6. The minimum atomic E-state index is -4.55. The smallest absolute Gasteiger partial charge is 0.322 e. The van der Waals surface area contributed by atoms with Crippen molar-refractivity contribution in [3.63, 3.8) is 0 Å². The number of hydrogen-bond acceptors (Lipinski definition) is 5. The van der Waals surface area contributed by atoms with Crippen molar-refractivity contribution in [3.05, 3.63) is 41.2 Å². The minimum absolute atomic E-state index is 0.0234. The first-order valence-corrected chi connectivity index (χ1v) is 10.7. The third-order valence-electron chi connectivity index (χ3n) is 5.89. The molecule has 34 heavy (non-hydrogen) atoms. The van der Waals surface area contributed by atoms with Gasteiger partial charge in [0, 0.05) is 25.7 Å². The molecule has 1 fully saturated rings. The van der Waals surface area contributed by atoms with E-state index in [-0.39, 0.29) is 23.8 Å². The molecule has 1 aliphatic rings. The number of carbonyl (C=O) groups excluding carboxylic acids is 2. The highest BCUT2D eigenvalue weighted by molar-refractivity contribution is 6.09. The van der Waals surface area contributed by atoms with Gasteiger partial charge in [0.05, 0.1) is 41.9 Å². The number of nitrogens with one attached hydrogen (secondary N) is 2. The molecule has 4 rings (SSSR count). The van der Waals surface area contributed by atoms with E-state index < -0.39 is 29.6 Å². The normalized spacial score (nSPS) is 14.8. The standard InChI is InChI=1S/C21H25F3N8O2/c1-11(10-32-16(13-5-6-13)7-17(29-32)21(22,23)24)19(33)28-15-9-26-31(4)18(15)20(34)27-14-8-25-30(3)12(14)2/h7-9,11,13H,5-6,10H2,1-4H3,(H,27,34)(H,28,33). The summed E-state index contributed by atoms with van der Waals surface area (Å²) in [4.78, 5) is 25.7. The van der Waals surface area contributed by atoms with Crippen molar-refractivity contribution in [1.82, 2.24) is 29.3 Å². The van der Waals surface area contributed by atoms with Gasteiger partial charge in [-0.3, -0.25) is 23.6 Å². The van der Waals surface area contributed by atoms with E-state index in [4.69, 9.17) is 0 Å². The Kier molecular flexibility index (Phi) is 5.96. The van der Waals surface area contributed by atoms with E-state index in [1.165, 1.54) is 21.8 Å². The summed E-state index contributed by atoms with van der Waals surface area (Å²) in [5, 5.41) is 17.3. The third kappa shape index (κ3) is 4.68. The lowest BCUT2D eigenvalue weighted by atomic mass is 10.1. The van der Waals surface area contributed by atoms with Crippen LogP contribution < -0.4 is 10.6 Å². The molecule has 0 aliphatic heterocycles. The van der Waals surface area contributed by atoms with Crippen LogP contribution in [0, 0.1) is 12.8 Å². The molecular formula is C21H25F3N8O2. The molecule has 182 valence electrons. The Bertz CT molecular complexity index is 1240.